The molecular weight excluding hydrogens is 452 g/mol. The zero-order chi connectivity index (χ0) is 14.7. The van der Waals surface area contributed by atoms with Gasteiger partial charge in [-0.05, 0) is 71.0 Å². The van der Waals surface area contributed by atoms with Gasteiger partial charge in [0, 0.05) is 19.3 Å². The van der Waals surface area contributed by atoms with Crippen LogP contribution in [0.2, 0.25) is 5.02 Å². The van der Waals surface area contributed by atoms with Crippen molar-refractivity contribution in [1.29, 1.82) is 0 Å². The van der Waals surface area contributed by atoms with E-state index in [9.17, 15) is 4.79 Å². The lowest BCUT2D eigenvalue weighted by atomic mass is 10.1. The third-order valence-corrected chi connectivity index (χ3v) is 4.94. The molecule has 0 aliphatic carbocycles. The van der Waals surface area contributed by atoms with E-state index in [-0.39, 0.29) is 5.91 Å². The number of halogens is 3. The number of anilines is 1. The van der Waals surface area contributed by atoms with Crippen molar-refractivity contribution in [2.24, 2.45) is 0 Å². The first-order chi connectivity index (χ1) is 9.51. The lowest BCUT2D eigenvalue weighted by Crippen LogP contribution is -2.13. The number of hydrogen-bond donors (Lipinski definition) is 1. The Morgan fingerprint density at radius 1 is 1.30 bits per heavy atom. The van der Waals surface area contributed by atoms with E-state index >= 15 is 0 Å². The van der Waals surface area contributed by atoms with Crippen LogP contribution in [0, 0.1) is 3.57 Å². The second-order valence-electron chi connectivity index (χ2n) is 4.24. The molecule has 0 saturated heterocycles. The Kier molecular flexibility index (Phi) is 5.46. The second kappa shape index (κ2) is 6.91. The van der Waals surface area contributed by atoms with Gasteiger partial charge in [-0.2, -0.15) is 0 Å². The number of hydrogen-bond acceptors (Lipinski definition) is 1. The van der Waals surface area contributed by atoms with Gasteiger partial charge in [-0.3, -0.25) is 4.79 Å². The fourth-order valence-electron chi connectivity index (χ4n) is 1.81. The maximum Gasteiger partial charge on any atom is 0.255 e. The molecule has 0 heterocycles. The largest absolute Gasteiger partial charge is 0.322 e. The SMILES string of the molecule is CCc1cc(Br)ccc1NC(=O)c1ccc(I)c(Cl)c1. The summed E-state index contributed by atoms with van der Waals surface area (Å²) in [7, 11) is 0. The Balaban J connectivity index is 2.25. The summed E-state index contributed by atoms with van der Waals surface area (Å²) in [5, 5.41) is 3.52. The average molecular weight is 465 g/mol. The molecule has 1 N–H and O–H groups in total. The molecule has 5 heteroatoms. The smallest absolute Gasteiger partial charge is 0.255 e. The van der Waals surface area contributed by atoms with Crippen LogP contribution >= 0.6 is 50.1 Å². The van der Waals surface area contributed by atoms with E-state index in [2.05, 4.69) is 50.8 Å². The van der Waals surface area contributed by atoms with Crippen LogP contribution < -0.4 is 5.32 Å². The molecule has 0 atom stereocenters. The van der Waals surface area contributed by atoms with E-state index in [0.717, 1.165) is 25.7 Å². The zero-order valence-electron chi connectivity index (χ0n) is 10.7. The standard InChI is InChI=1S/C15H12BrClINO/c1-2-9-7-11(16)4-6-14(9)19-15(20)10-3-5-13(18)12(17)8-10/h3-8H,2H2,1H3,(H,19,20). The topological polar surface area (TPSA) is 29.1 Å². The average Bonchev–Trinajstić information content (AvgIpc) is 2.43. The molecule has 0 fully saturated rings. The Morgan fingerprint density at radius 3 is 2.70 bits per heavy atom. The maximum absolute atomic E-state index is 12.2. The highest BCUT2D eigenvalue weighted by Gasteiger charge is 2.10. The first-order valence-corrected chi connectivity index (χ1v) is 8.31. The molecule has 0 bridgehead atoms. The van der Waals surface area contributed by atoms with Gasteiger partial charge < -0.3 is 5.32 Å². The molecule has 0 aliphatic rings. The van der Waals surface area contributed by atoms with Crippen LogP contribution in [0.4, 0.5) is 5.69 Å². The highest BCUT2D eigenvalue weighted by atomic mass is 127. The van der Waals surface area contributed by atoms with Crippen molar-refractivity contribution in [2.45, 2.75) is 13.3 Å². The molecule has 0 spiro atoms. The number of rotatable bonds is 3. The summed E-state index contributed by atoms with van der Waals surface area (Å²) >= 11 is 11.6. The molecule has 0 aromatic heterocycles. The van der Waals surface area contributed by atoms with Gasteiger partial charge in [-0.25, -0.2) is 0 Å². The van der Waals surface area contributed by atoms with E-state index in [0.29, 0.717) is 10.6 Å². The van der Waals surface area contributed by atoms with Crippen molar-refractivity contribution in [3.8, 4) is 0 Å². The van der Waals surface area contributed by atoms with E-state index in [1.807, 2.05) is 24.3 Å². The summed E-state index contributed by atoms with van der Waals surface area (Å²) < 4.78 is 1.93. The molecule has 1 amide bonds. The van der Waals surface area contributed by atoms with Crippen LogP contribution in [-0.4, -0.2) is 5.91 Å². The summed E-state index contributed by atoms with van der Waals surface area (Å²) in [6.45, 7) is 2.05. The predicted molar refractivity (Wildman–Crippen MR) is 95.6 cm³/mol. The lowest BCUT2D eigenvalue weighted by molar-refractivity contribution is 0.102. The Hall–Kier alpha value is -0.590. The Labute approximate surface area is 145 Å². The number of carbonyl (C=O) groups is 1. The lowest BCUT2D eigenvalue weighted by Gasteiger charge is -2.11. The monoisotopic (exact) mass is 463 g/mol. The molecule has 2 nitrogen and oxygen atoms in total. The quantitative estimate of drug-likeness (QED) is 0.596. The molecule has 2 aromatic carbocycles. The van der Waals surface area contributed by atoms with Gasteiger partial charge in [0.1, 0.15) is 0 Å². The Bertz CT molecular complexity index is 660. The highest BCUT2D eigenvalue weighted by molar-refractivity contribution is 14.1. The molecule has 2 aromatic rings. The minimum Gasteiger partial charge on any atom is -0.322 e. The van der Waals surface area contributed by atoms with Crippen LogP contribution in [0.5, 0.6) is 0 Å². The minimum atomic E-state index is -0.152. The summed E-state index contributed by atoms with van der Waals surface area (Å²) in [6.07, 6.45) is 0.850. The first kappa shape index (κ1) is 15.8. The normalized spacial score (nSPS) is 10.4. The Morgan fingerprint density at radius 2 is 2.05 bits per heavy atom. The third kappa shape index (κ3) is 3.74. The van der Waals surface area contributed by atoms with Crippen molar-refractivity contribution >= 4 is 61.7 Å². The summed E-state index contributed by atoms with van der Waals surface area (Å²) in [6, 6.07) is 11.1. The molecule has 104 valence electrons. The van der Waals surface area contributed by atoms with Gasteiger partial charge >= 0.3 is 0 Å². The van der Waals surface area contributed by atoms with E-state index in [1.54, 1.807) is 12.1 Å². The molecule has 0 radical (unpaired) electrons. The summed E-state index contributed by atoms with van der Waals surface area (Å²) in [5.74, 6) is -0.152. The van der Waals surface area contributed by atoms with Crippen LogP contribution in [0.1, 0.15) is 22.8 Å². The first-order valence-electron chi connectivity index (χ1n) is 6.06. The fraction of sp³-hybridized carbons (Fsp3) is 0.133. The highest BCUT2D eigenvalue weighted by Crippen LogP contribution is 2.24. The van der Waals surface area contributed by atoms with Gasteiger partial charge in [-0.15, -0.1) is 0 Å². The van der Waals surface area contributed by atoms with Crippen molar-refractivity contribution in [1.82, 2.24) is 0 Å². The maximum atomic E-state index is 12.2. The second-order valence-corrected chi connectivity index (χ2v) is 6.72. The van der Waals surface area contributed by atoms with Crippen LogP contribution in [0.25, 0.3) is 0 Å². The molecular formula is C15H12BrClINO. The van der Waals surface area contributed by atoms with E-state index < -0.39 is 0 Å². The van der Waals surface area contributed by atoms with Gasteiger partial charge in [0.2, 0.25) is 0 Å². The molecule has 2 rings (SSSR count). The fourth-order valence-corrected chi connectivity index (χ4v) is 2.73. The van der Waals surface area contributed by atoms with Crippen LogP contribution in [-0.2, 0) is 6.42 Å². The number of carbonyl (C=O) groups excluding carboxylic acids is 1. The van der Waals surface area contributed by atoms with Crippen LogP contribution in [0.3, 0.4) is 0 Å². The third-order valence-electron chi connectivity index (χ3n) is 2.88. The van der Waals surface area contributed by atoms with Crippen molar-refractivity contribution in [3.63, 3.8) is 0 Å². The summed E-state index contributed by atoms with van der Waals surface area (Å²) in [4.78, 5) is 12.2. The van der Waals surface area contributed by atoms with Crippen molar-refractivity contribution < 1.29 is 4.79 Å². The molecule has 0 aliphatic heterocycles. The predicted octanol–water partition coefficient (Wildman–Crippen LogP) is 5.52. The zero-order valence-corrected chi connectivity index (χ0v) is 15.2. The van der Waals surface area contributed by atoms with Crippen molar-refractivity contribution in [2.75, 3.05) is 5.32 Å². The minimum absolute atomic E-state index is 0.152. The van der Waals surface area contributed by atoms with E-state index in [4.69, 9.17) is 11.6 Å². The number of amides is 1. The number of benzene rings is 2. The number of aryl methyl sites for hydroxylation is 1. The van der Waals surface area contributed by atoms with Gasteiger partial charge in [0.15, 0.2) is 0 Å². The van der Waals surface area contributed by atoms with Crippen molar-refractivity contribution in [3.05, 3.63) is 60.6 Å². The number of nitrogens with one attached hydrogen (secondary N) is 1. The molecule has 20 heavy (non-hydrogen) atoms. The molecule has 0 saturated carbocycles. The summed E-state index contributed by atoms with van der Waals surface area (Å²) in [5.41, 5.74) is 2.47. The van der Waals surface area contributed by atoms with Gasteiger partial charge in [-0.1, -0.05) is 34.5 Å². The van der Waals surface area contributed by atoms with Crippen LogP contribution in [0.15, 0.2) is 40.9 Å². The van der Waals surface area contributed by atoms with Gasteiger partial charge in [0.05, 0.1) is 5.02 Å². The molecule has 0 unspecified atom stereocenters. The van der Waals surface area contributed by atoms with Gasteiger partial charge in [0.25, 0.3) is 5.91 Å². The van der Waals surface area contributed by atoms with E-state index in [1.165, 1.54) is 0 Å².